The van der Waals surface area contributed by atoms with Crippen molar-refractivity contribution in [2.45, 2.75) is 51.8 Å². The third-order valence-corrected chi connectivity index (χ3v) is 4.66. The first-order valence-electron chi connectivity index (χ1n) is 7.72. The summed E-state index contributed by atoms with van der Waals surface area (Å²) in [6.07, 6.45) is 0.490. The van der Waals surface area contributed by atoms with Crippen LogP contribution in [-0.2, 0) is 0 Å². The molecule has 3 atom stereocenters. The van der Waals surface area contributed by atoms with Crippen molar-refractivity contribution in [1.82, 2.24) is 20.4 Å². The predicted octanol–water partition coefficient (Wildman–Crippen LogP) is 2.65. The van der Waals surface area contributed by atoms with Gasteiger partial charge in [-0.2, -0.15) is 0 Å². The summed E-state index contributed by atoms with van der Waals surface area (Å²) in [4.78, 5) is 8.52. The molecule has 2 rings (SSSR count). The van der Waals surface area contributed by atoms with Crippen LogP contribution in [0.25, 0.3) is 0 Å². The molecule has 1 aliphatic rings. The molecule has 5 nitrogen and oxygen atoms in total. The van der Waals surface area contributed by atoms with Gasteiger partial charge in [-0.05, 0) is 26.2 Å². The molecule has 0 spiro atoms. The summed E-state index contributed by atoms with van der Waals surface area (Å²) in [6, 6.07) is -0.285. The van der Waals surface area contributed by atoms with Crippen LogP contribution < -0.4 is 5.43 Å². The van der Waals surface area contributed by atoms with Crippen molar-refractivity contribution in [1.29, 1.82) is 0 Å². The van der Waals surface area contributed by atoms with Crippen LogP contribution in [0.3, 0.4) is 0 Å². The zero-order chi connectivity index (χ0) is 17.0. The summed E-state index contributed by atoms with van der Waals surface area (Å²) < 4.78 is 27.2. The van der Waals surface area contributed by atoms with Gasteiger partial charge in [0.2, 0.25) is 6.43 Å². The number of aliphatic hydroxyl groups excluding tert-OH is 1. The fraction of sp³-hybridized carbons (Fsp3) is 0.733. The van der Waals surface area contributed by atoms with Crippen molar-refractivity contribution < 1.29 is 13.9 Å². The van der Waals surface area contributed by atoms with Crippen LogP contribution in [0.4, 0.5) is 8.78 Å². The molecule has 0 aromatic carbocycles. The Bertz CT molecular complexity index is 505. The van der Waals surface area contributed by atoms with Crippen LogP contribution in [0.1, 0.15) is 43.6 Å². The molecule has 1 aliphatic heterocycles. The number of hydrazine groups is 1. The SMILES string of the molecule is Cc1cnc(C2CCNN2C(O)C(C)(CCCCl)C(F)F)cn1. The topological polar surface area (TPSA) is 61.3 Å². The van der Waals surface area contributed by atoms with Crippen molar-refractivity contribution in [3.8, 4) is 0 Å². The Morgan fingerprint density at radius 3 is 2.78 bits per heavy atom. The van der Waals surface area contributed by atoms with E-state index in [1.165, 1.54) is 11.9 Å². The lowest BCUT2D eigenvalue weighted by molar-refractivity contribution is -0.170. The fourth-order valence-electron chi connectivity index (χ4n) is 2.82. The smallest absolute Gasteiger partial charge is 0.247 e. The third-order valence-electron chi connectivity index (χ3n) is 4.39. The van der Waals surface area contributed by atoms with Crippen LogP contribution in [0, 0.1) is 12.3 Å². The lowest BCUT2D eigenvalue weighted by atomic mass is 9.83. The molecule has 1 saturated heterocycles. The molecular formula is C15H23ClF2N4O. The van der Waals surface area contributed by atoms with E-state index in [-0.39, 0.29) is 18.3 Å². The Hall–Kier alpha value is -0.890. The number of hydrogen-bond acceptors (Lipinski definition) is 5. The van der Waals surface area contributed by atoms with Crippen LogP contribution >= 0.6 is 11.6 Å². The molecule has 2 heterocycles. The van der Waals surface area contributed by atoms with Gasteiger partial charge in [-0.25, -0.2) is 13.8 Å². The lowest BCUT2D eigenvalue weighted by Crippen LogP contribution is -2.53. The maximum atomic E-state index is 13.6. The van der Waals surface area contributed by atoms with E-state index in [1.54, 1.807) is 12.4 Å². The van der Waals surface area contributed by atoms with Crippen molar-refractivity contribution >= 4 is 11.6 Å². The van der Waals surface area contributed by atoms with E-state index < -0.39 is 18.1 Å². The van der Waals surface area contributed by atoms with Gasteiger partial charge in [0.25, 0.3) is 0 Å². The minimum atomic E-state index is -2.66. The summed E-state index contributed by atoms with van der Waals surface area (Å²) in [5.74, 6) is 0.287. The highest BCUT2D eigenvalue weighted by Crippen LogP contribution is 2.40. The van der Waals surface area contributed by atoms with E-state index in [9.17, 15) is 13.9 Å². The summed E-state index contributed by atoms with van der Waals surface area (Å²) in [5.41, 5.74) is 2.88. The van der Waals surface area contributed by atoms with Crippen molar-refractivity contribution in [3.05, 3.63) is 23.8 Å². The van der Waals surface area contributed by atoms with E-state index in [0.717, 1.165) is 5.69 Å². The lowest BCUT2D eigenvalue weighted by Gasteiger charge is -2.40. The number of nitrogens with one attached hydrogen (secondary N) is 1. The maximum absolute atomic E-state index is 13.6. The molecule has 23 heavy (non-hydrogen) atoms. The van der Waals surface area contributed by atoms with Gasteiger partial charge in [0, 0.05) is 18.6 Å². The molecule has 0 radical (unpaired) electrons. The summed E-state index contributed by atoms with van der Waals surface area (Å²) in [7, 11) is 0. The van der Waals surface area contributed by atoms with Gasteiger partial charge < -0.3 is 5.11 Å². The number of hydrogen-bond donors (Lipinski definition) is 2. The molecule has 1 aromatic rings. The van der Waals surface area contributed by atoms with E-state index >= 15 is 0 Å². The average Bonchev–Trinajstić information content (AvgIpc) is 3.01. The average molecular weight is 349 g/mol. The Labute approximate surface area is 140 Å². The third kappa shape index (κ3) is 3.96. The number of aryl methyl sites for hydroxylation is 1. The van der Waals surface area contributed by atoms with Gasteiger partial charge in [-0.3, -0.25) is 15.4 Å². The van der Waals surface area contributed by atoms with E-state index in [0.29, 0.717) is 25.1 Å². The van der Waals surface area contributed by atoms with Crippen LogP contribution in [0.15, 0.2) is 12.4 Å². The first-order chi connectivity index (χ1) is 10.9. The summed E-state index contributed by atoms with van der Waals surface area (Å²) in [6.45, 7) is 3.81. The first kappa shape index (κ1) is 18.4. The maximum Gasteiger partial charge on any atom is 0.247 e. The van der Waals surface area contributed by atoms with E-state index in [2.05, 4.69) is 15.4 Å². The molecule has 0 saturated carbocycles. The van der Waals surface area contributed by atoms with Gasteiger partial charge in [-0.15, -0.1) is 11.6 Å². The molecule has 130 valence electrons. The number of alkyl halides is 3. The van der Waals surface area contributed by atoms with Crippen LogP contribution in [-0.4, -0.2) is 45.2 Å². The monoisotopic (exact) mass is 348 g/mol. The first-order valence-corrected chi connectivity index (χ1v) is 8.26. The molecule has 0 amide bonds. The Kier molecular flexibility index (Phi) is 6.25. The van der Waals surface area contributed by atoms with Gasteiger partial charge in [0.15, 0.2) is 0 Å². The van der Waals surface area contributed by atoms with Gasteiger partial charge in [0.05, 0.1) is 29.0 Å². The van der Waals surface area contributed by atoms with Crippen molar-refractivity contribution in [2.75, 3.05) is 12.4 Å². The highest BCUT2D eigenvalue weighted by Gasteiger charge is 2.47. The number of aliphatic hydroxyl groups is 1. The Morgan fingerprint density at radius 2 is 2.22 bits per heavy atom. The minimum Gasteiger partial charge on any atom is -0.376 e. The van der Waals surface area contributed by atoms with Gasteiger partial charge in [-0.1, -0.05) is 6.92 Å². The molecule has 0 bridgehead atoms. The molecule has 8 heteroatoms. The van der Waals surface area contributed by atoms with E-state index in [4.69, 9.17) is 11.6 Å². The Balaban J connectivity index is 2.21. The second kappa shape index (κ2) is 7.79. The molecule has 0 aliphatic carbocycles. The van der Waals surface area contributed by atoms with Crippen molar-refractivity contribution in [2.24, 2.45) is 5.41 Å². The molecular weight excluding hydrogens is 326 g/mol. The van der Waals surface area contributed by atoms with E-state index in [1.807, 2.05) is 6.92 Å². The molecule has 1 fully saturated rings. The van der Waals surface area contributed by atoms with Crippen molar-refractivity contribution in [3.63, 3.8) is 0 Å². The molecule has 2 N–H and O–H groups in total. The number of halogens is 3. The zero-order valence-electron chi connectivity index (χ0n) is 13.3. The normalized spacial score (nSPS) is 23.2. The number of nitrogens with zero attached hydrogens (tertiary/aromatic N) is 3. The Morgan fingerprint density at radius 1 is 1.48 bits per heavy atom. The summed E-state index contributed by atoms with van der Waals surface area (Å²) in [5, 5.41) is 12.1. The fourth-order valence-corrected chi connectivity index (χ4v) is 2.95. The van der Waals surface area contributed by atoms with Gasteiger partial charge in [0.1, 0.15) is 6.23 Å². The zero-order valence-corrected chi connectivity index (χ0v) is 14.1. The summed E-state index contributed by atoms with van der Waals surface area (Å²) >= 11 is 5.64. The molecule has 1 aromatic heterocycles. The largest absolute Gasteiger partial charge is 0.376 e. The number of rotatable bonds is 7. The number of aromatic nitrogens is 2. The highest BCUT2D eigenvalue weighted by molar-refractivity contribution is 6.17. The van der Waals surface area contributed by atoms with Gasteiger partial charge >= 0.3 is 0 Å². The second-order valence-electron chi connectivity index (χ2n) is 6.18. The minimum absolute atomic E-state index is 0.139. The molecule has 3 unspecified atom stereocenters. The van der Waals surface area contributed by atoms with Crippen LogP contribution in [0.5, 0.6) is 0 Å². The predicted molar refractivity (Wildman–Crippen MR) is 84.0 cm³/mol. The van der Waals surface area contributed by atoms with Crippen LogP contribution in [0.2, 0.25) is 0 Å². The standard InChI is InChI=1S/C15H23ClF2N4O/c1-10-8-20-11(9-19-10)12-4-7-21-22(12)14(23)15(2,13(17)18)5-3-6-16/h8-9,12-14,21,23H,3-7H2,1-2H3. The highest BCUT2D eigenvalue weighted by atomic mass is 35.5. The second-order valence-corrected chi connectivity index (χ2v) is 6.55. The quantitative estimate of drug-likeness (QED) is 0.742.